The van der Waals surface area contributed by atoms with Crippen LogP contribution in [0, 0.1) is 18.6 Å². The SMILES string of the molecule is COc1cc(N2CCN(C)CC2)ccc1Nc1ncc(F)c(-c2cc(F)c3nc(C)n(C(C)C)c3c2)n1. The van der Waals surface area contributed by atoms with E-state index in [4.69, 9.17) is 4.74 Å². The molecule has 0 aliphatic carbocycles. The minimum Gasteiger partial charge on any atom is -0.494 e. The second-order valence-corrected chi connectivity index (χ2v) is 9.64. The molecule has 0 radical (unpaired) electrons. The molecule has 0 saturated carbocycles. The first-order valence-electron chi connectivity index (χ1n) is 12.3. The number of nitrogens with zero attached hydrogens (tertiary/aromatic N) is 6. The lowest BCUT2D eigenvalue weighted by atomic mass is 10.1. The van der Waals surface area contributed by atoms with Gasteiger partial charge in [-0.05, 0) is 52.1 Å². The fourth-order valence-corrected chi connectivity index (χ4v) is 4.85. The molecule has 2 aromatic carbocycles. The smallest absolute Gasteiger partial charge is 0.228 e. The van der Waals surface area contributed by atoms with Crippen LogP contribution in [0.1, 0.15) is 25.7 Å². The minimum atomic E-state index is -0.644. The summed E-state index contributed by atoms with van der Waals surface area (Å²) in [7, 11) is 3.72. The maximum atomic E-state index is 15.0. The number of aromatic nitrogens is 4. The highest BCUT2D eigenvalue weighted by Crippen LogP contribution is 2.33. The molecular formula is C27H31F2N7O. The highest BCUT2D eigenvalue weighted by atomic mass is 19.1. The molecule has 0 spiro atoms. The average molecular weight is 508 g/mol. The van der Waals surface area contributed by atoms with Gasteiger partial charge < -0.3 is 24.4 Å². The third-order valence-electron chi connectivity index (χ3n) is 6.76. The fourth-order valence-electron chi connectivity index (χ4n) is 4.85. The summed E-state index contributed by atoms with van der Waals surface area (Å²) < 4.78 is 37.4. The Morgan fingerprint density at radius 3 is 2.46 bits per heavy atom. The number of nitrogens with one attached hydrogen (secondary N) is 1. The molecule has 194 valence electrons. The van der Waals surface area contributed by atoms with Crippen molar-refractivity contribution in [3.05, 3.63) is 54.0 Å². The topological polar surface area (TPSA) is 71.3 Å². The zero-order valence-corrected chi connectivity index (χ0v) is 21.7. The molecule has 37 heavy (non-hydrogen) atoms. The molecule has 5 rings (SSSR count). The molecule has 0 bridgehead atoms. The molecular weight excluding hydrogens is 476 g/mol. The van der Waals surface area contributed by atoms with Gasteiger partial charge in [0, 0.05) is 49.5 Å². The Hall–Kier alpha value is -3.79. The van der Waals surface area contributed by atoms with Gasteiger partial charge >= 0.3 is 0 Å². The van der Waals surface area contributed by atoms with Crippen molar-refractivity contribution in [3.8, 4) is 17.0 Å². The predicted molar refractivity (Wildman–Crippen MR) is 142 cm³/mol. The summed E-state index contributed by atoms with van der Waals surface area (Å²) in [6.07, 6.45) is 1.09. The Balaban J connectivity index is 1.47. The van der Waals surface area contributed by atoms with Gasteiger partial charge in [-0.2, -0.15) is 0 Å². The van der Waals surface area contributed by atoms with Crippen molar-refractivity contribution in [2.75, 3.05) is 50.6 Å². The fraction of sp³-hybridized carbons (Fsp3) is 0.370. The lowest BCUT2D eigenvalue weighted by Crippen LogP contribution is -2.44. The zero-order chi connectivity index (χ0) is 26.3. The van der Waals surface area contributed by atoms with Crippen LogP contribution in [0.25, 0.3) is 22.3 Å². The number of likely N-dealkylation sites (N-methyl/N-ethyl adjacent to an activating group) is 1. The number of methoxy groups -OCH3 is 1. The summed E-state index contributed by atoms with van der Waals surface area (Å²) in [4.78, 5) is 17.5. The normalized spacial score (nSPS) is 14.5. The molecule has 1 aliphatic rings. The van der Waals surface area contributed by atoms with Gasteiger partial charge in [-0.3, -0.25) is 0 Å². The number of rotatable bonds is 6. The van der Waals surface area contributed by atoms with Crippen LogP contribution >= 0.6 is 0 Å². The van der Waals surface area contributed by atoms with Crippen LogP contribution < -0.4 is 15.0 Å². The summed E-state index contributed by atoms with van der Waals surface area (Å²) in [5.74, 6) is 0.321. The van der Waals surface area contributed by atoms with Gasteiger partial charge in [-0.25, -0.2) is 23.7 Å². The zero-order valence-electron chi connectivity index (χ0n) is 21.7. The van der Waals surface area contributed by atoms with E-state index in [-0.39, 0.29) is 23.2 Å². The van der Waals surface area contributed by atoms with Gasteiger partial charge in [0.05, 0.1) is 24.5 Å². The molecule has 3 heterocycles. The van der Waals surface area contributed by atoms with E-state index < -0.39 is 11.6 Å². The molecule has 1 aliphatic heterocycles. The quantitative estimate of drug-likeness (QED) is 0.386. The van der Waals surface area contributed by atoms with Crippen molar-refractivity contribution in [1.82, 2.24) is 24.4 Å². The Bertz CT molecular complexity index is 1440. The molecule has 0 atom stereocenters. The van der Waals surface area contributed by atoms with Crippen LogP contribution in [0.3, 0.4) is 0 Å². The molecule has 2 aromatic heterocycles. The number of anilines is 3. The van der Waals surface area contributed by atoms with E-state index in [9.17, 15) is 8.78 Å². The van der Waals surface area contributed by atoms with Crippen LogP contribution in [-0.2, 0) is 0 Å². The number of benzene rings is 2. The number of fused-ring (bicyclic) bond motifs is 1. The molecule has 1 fully saturated rings. The summed E-state index contributed by atoms with van der Waals surface area (Å²) in [6, 6.07) is 8.93. The van der Waals surface area contributed by atoms with Crippen LogP contribution in [0.4, 0.5) is 26.1 Å². The van der Waals surface area contributed by atoms with Crippen molar-refractivity contribution in [1.29, 1.82) is 0 Å². The summed E-state index contributed by atoms with van der Waals surface area (Å²) >= 11 is 0. The van der Waals surface area contributed by atoms with Gasteiger partial charge in [0.25, 0.3) is 0 Å². The second-order valence-electron chi connectivity index (χ2n) is 9.64. The highest BCUT2D eigenvalue weighted by Gasteiger charge is 2.20. The van der Waals surface area contributed by atoms with E-state index >= 15 is 0 Å². The van der Waals surface area contributed by atoms with Crippen LogP contribution in [0.2, 0.25) is 0 Å². The first kappa shape index (κ1) is 24.9. The molecule has 10 heteroatoms. The number of hydrogen-bond donors (Lipinski definition) is 1. The standard InChI is InChI=1S/C27H31F2N7O/c1-16(2)36-17(3)31-26-20(28)12-18(13-23(26)36)25-21(29)15-30-27(33-25)32-22-7-6-19(14-24(22)37-5)35-10-8-34(4)9-11-35/h6-7,12-16H,8-11H2,1-5H3,(H,30,32,33). The van der Waals surface area contributed by atoms with Crippen LogP contribution in [-0.4, -0.2) is 64.8 Å². The summed E-state index contributed by atoms with van der Waals surface area (Å²) in [5, 5.41) is 3.13. The number of imidazole rings is 1. The number of halogens is 2. The maximum absolute atomic E-state index is 15.0. The Kier molecular flexibility index (Phi) is 6.68. The molecule has 0 unspecified atom stereocenters. The number of piperazine rings is 1. The molecule has 4 aromatic rings. The first-order valence-corrected chi connectivity index (χ1v) is 12.3. The lowest BCUT2D eigenvalue weighted by Gasteiger charge is -2.34. The third kappa shape index (κ3) is 4.81. The van der Waals surface area contributed by atoms with Crippen molar-refractivity contribution < 1.29 is 13.5 Å². The minimum absolute atomic E-state index is 0.000447. The van der Waals surface area contributed by atoms with Crippen molar-refractivity contribution in [2.24, 2.45) is 0 Å². The van der Waals surface area contributed by atoms with E-state index in [2.05, 4.69) is 37.1 Å². The van der Waals surface area contributed by atoms with Gasteiger partial charge in [0.2, 0.25) is 5.95 Å². The second kappa shape index (κ2) is 9.93. The van der Waals surface area contributed by atoms with Crippen molar-refractivity contribution in [3.63, 3.8) is 0 Å². The van der Waals surface area contributed by atoms with Gasteiger partial charge in [-0.15, -0.1) is 0 Å². The number of ether oxygens (including phenoxy) is 1. The van der Waals surface area contributed by atoms with Crippen LogP contribution in [0.15, 0.2) is 36.5 Å². The van der Waals surface area contributed by atoms with Gasteiger partial charge in [0.1, 0.15) is 22.8 Å². The molecule has 0 amide bonds. The summed E-state index contributed by atoms with van der Waals surface area (Å²) in [6.45, 7) is 9.69. The maximum Gasteiger partial charge on any atom is 0.228 e. The third-order valence-corrected chi connectivity index (χ3v) is 6.76. The summed E-state index contributed by atoms with van der Waals surface area (Å²) in [5.41, 5.74) is 2.88. The van der Waals surface area contributed by atoms with E-state index in [0.717, 1.165) is 38.1 Å². The van der Waals surface area contributed by atoms with E-state index in [0.29, 0.717) is 28.3 Å². The lowest BCUT2D eigenvalue weighted by molar-refractivity contribution is 0.312. The number of hydrogen-bond acceptors (Lipinski definition) is 7. The van der Waals surface area contributed by atoms with Crippen molar-refractivity contribution in [2.45, 2.75) is 26.8 Å². The van der Waals surface area contributed by atoms with E-state index in [1.165, 1.54) is 6.07 Å². The predicted octanol–water partition coefficient (Wildman–Crippen LogP) is 5.16. The molecule has 1 N–H and O–H groups in total. The van der Waals surface area contributed by atoms with E-state index in [1.54, 1.807) is 13.2 Å². The average Bonchev–Trinajstić information content (AvgIpc) is 3.22. The largest absolute Gasteiger partial charge is 0.494 e. The molecule has 1 saturated heterocycles. The molecule has 8 nitrogen and oxygen atoms in total. The van der Waals surface area contributed by atoms with Gasteiger partial charge in [-0.1, -0.05) is 0 Å². The Labute approximate surface area is 214 Å². The number of aryl methyl sites for hydroxylation is 1. The van der Waals surface area contributed by atoms with Crippen molar-refractivity contribution >= 4 is 28.4 Å². The highest BCUT2D eigenvalue weighted by molar-refractivity contribution is 5.83. The van der Waals surface area contributed by atoms with E-state index in [1.807, 2.05) is 43.5 Å². The monoisotopic (exact) mass is 507 g/mol. The Morgan fingerprint density at radius 2 is 1.76 bits per heavy atom. The Morgan fingerprint density at radius 1 is 1.00 bits per heavy atom. The van der Waals surface area contributed by atoms with Crippen LogP contribution in [0.5, 0.6) is 5.75 Å². The first-order chi connectivity index (χ1) is 17.7. The van der Waals surface area contributed by atoms with Gasteiger partial charge in [0.15, 0.2) is 11.6 Å².